The maximum atomic E-state index is 12.4. The molecule has 0 aliphatic carbocycles. The number of aromatic nitrogens is 1. The Morgan fingerprint density at radius 2 is 2.24 bits per heavy atom. The first-order valence-corrected chi connectivity index (χ1v) is 8.05. The second kappa shape index (κ2) is 7.43. The van der Waals surface area contributed by atoms with Crippen LogP contribution in [0.25, 0.3) is 0 Å². The summed E-state index contributed by atoms with van der Waals surface area (Å²) >= 11 is 7.40. The molecule has 1 amide bonds. The van der Waals surface area contributed by atoms with Crippen LogP contribution in [-0.4, -0.2) is 17.4 Å². The molecule has 0 radical (unpaired) electrons. The van der Waals surface area contributed by atoms with E-state index in [2.05, 4.69) is 22.5 Å². The van der Waals surface area contributed by atoms with Gasteiger partial charge in [-0.2, -0.15) is 0 Å². The predicted octanol–water partition coefficient (Wildman–Crippen LogP) is 4.11. The summed E-state index contributed by atoms with van der Waals surface area (Å²) in [4.78, 5) is 17.5. The Bertz CT molecular complexity index is 614. The van der Waals surface area contributed by atoms with E-state index in [4.69, 9.17) is 11.6 Å². The van der Waals surface area contributed by atoms with Crippen LogP contribution in [0, 0.1) is 0 Å². The Hall–Kier alpha value is -1.59. The van der Waals surface area contributed by atoms with E-state index in [-0.39, 0.29) is 11.9 Å². The maximum Gasteiger partial charge on any atom is 0.253 e. The van der Waals surface area contributed by atoms with Crippen LogP contribution in [0.3, 0.4) is 0 Å². The average Bonchev–Trinajstić information content (AvgIpc) is 2.92. The highest BCUT2D eigenvalue weighted by atomic mass is 35.5. The lowest BCUT2D eigenvalue weighted by Gasteiger charge is -2.15. The van der Waals surface area contributed by atoms with Crippen LogP contribution in [0.5, 0.6) is 0 Å². The molecule has 112 valence electrons. The molecule has 0 saturated carbocycles. The van der Waals surface area contributed by atoms with Gasteiger partial charge in [-0.15, -0.1) is 11.3 Å². The van der Waals surface area contributed by atoms with Gasteiger partial charge in [0.2, 0.25) is 0 Å². The fourth-order valence-corrected chi connectivity index (χ4v) is 2.96. The number of carbonyl (C=O) groups is 1. The zero-order valence-electron chi connectivity index (χ0n) is 12.0. The summed E-state index contributed by atoms with van der Waals surface area (Å²) < 4.78 is 0.723. The zero-order valence-corrected chi connectivity index (χ0v) is 13.6. The Balaban J connectivity index is 2.09. The summed E-state index contributed by atoms with van der Waals surface area (Å²) in [5, 5.41) is 6.21. The molecule has 0 aliphatic heterocycles. The number of anilines is 1. The molecule has 1 atom stereocenters. The number of hydrogen-bond acceptors (Lipinski definition) is 4. The molecule has 2 heterocycles. The monoisotopic (exact) mass is 323 g/mol. The van der Waals surface area contributed by atoms with E-state index in [1.807, 2.05) is 19.1 Å². The molecule has 0 spiro atoms. The van der Waals surface area contributed by atoms with Gasteiger partial charge in [-0.1, -0.05) is 18.5 Å². The third-order valence-electron chi connectivity index (χ3n) is 3.00. The van der Waals surface area contributed by atoms with E-state index >= 15 is 0 Å². The summed E-state index contributed by atoms with van der Waals surface area (Å²) in [6.07, 6.45) is 4.29. The van der Waals surface area contributed by atoms with Crippen molar-refractivity contribution in [3.8, 4) is 0 Å². The summed E-state index contributed by atoms with van der Waals surface area (Å²) in [7, 11) is 0. The van der Waals surface area contributed by atoms with Crippen molar-refractivity contribution < 1.29 is 4.79 Å². The van der Waals surface area contributed by atoms with E-state index in [1.54, 1.807) is 18.5 Å². The second-order valence-electron chi connectivity index (χ2n) is 4.69. The van der Waals surface area contributed by atoms with Gasteiger partial charge < -0.3 is 10.6 Å². The smallest absolute Gasteiger partial charge is 0.253 e. The van der Waals surface area contributed by atoms with Crippen LogP contribution >= 0.6 is 22.9 Å². The fourth-order valence-electron chi connectivity index (χ4n) is 1.90. The van der Waals surface area contributed by atoms with Gasteiger partial charge >= 0.3 is 0 Å². The van der Waals surface area contributed by atoms with Crippen LogP contribution in [0.2, 0.25) is 4.34 Å². The third kappa shape index (κ3) is 4.19. The lowest BCUT2D eigenvalue weighted by atomic mass is 10.2. The third-order valence-corrected chi connectivity index (χ3v) is 4.41. The molecule has 2 N–H and O–H groups in total. The Labute approximate surface area is 133 Å². The highest BCUT2D eigenvalue weighted by Gasteiger charge is 2.15. The molecule has 2 aromatic rings. The van der Waals surface area contributed by atoms with Gasteiger partial charge in [-0.3, -0.25) is 9.78 Å². The summed E-state index contributed by atoms with van der Waals surface area (Å²) in [5.41, 5.74) is 1.36. The van der Waals surface area contributed by atoms with Gasteiger partial charge in [0, 0.05) is 17.6 Å². The highest BCUT2D eigenvalue weighted by Crippen LogP contribution is 2.27. The quantitative estimate of drug-likeness (QED) is 0.841. The Morgan fingerprint density at radius 3 is 2.90 bits per heavy atom. The van der Waals surface area contributed by atoms with Gasteiger partial charge in [-0.05, 0) is 31.5 Å². The van der Waals surface area contributed by atoms with Crippen molar-refractivity contribution in [1.29, 1.82) is 0 Å². The number of rotatable bonds is 6. The topological polar surface area (TPSA) is 54.0 Å². The molecule has 1 unspecified atom stereocenters. The molecule has 0 saturated heterocycles. The van der Waals surface area contributed by atoms with Crippen LogP contribution in [0.15, 0.2) is 30.6 Å². The van der Waals surface area contributed by atoms with Crippen molar-refractivity contribution in [2.75, 3.05) is 11.9 Å². The van der Waals surface area contributed by atoms with Crippen molar-refractivity contribution in [1.82, 2.24) is 10.3 Å². The standard InChI is InChI=1S/C15H18ClN3OS/c1-3-7-18-12-9-17-8-6-11(12)15(20)19-10(2)13-4-5-14(16)21-13/h4-6,8-10,18H,3,7H2,1-2H3,(H,19,20). The zero-order chi connectivity index (χ0) is 15.2. The molecule has 0 fully saturated rings. The molecular weight excluding hydrogens is 306 g/mol. The van der Waals surface area contributed by atoms with Crippen LogP contribution in [0.1, 0.15) is 41.5 Å². The number of halogens is 1. The van der Waals surface area contributed by atoms with E-state index in [1.165, 1.54) is 11.3 Å². The predicted molar refractivity (Wildman–Crippen MR) is 88.2 cm³/mol. The van der Waals surface area contributed by atoms with E-state index < -0.39 is 0 Å². The molecule has 0 aromatic carbocycles. The number of thiophene rings is 1. The minimum absolute atomic E-state index is 0.0813. The minimum atomic E-state index is -0.118. The van der Waals surface area contributed by atoms with Gasteiger partial charge in [0.15, 0.2) is 0 Å². The largest absolute Gasteiger partial charge is 0.383 e. The molecule has 0 bridgehead atoms. The van der Waals surface area contributed by atoms with Crippen molar-refractivity contribution >= 4 is 34.5 Å². The first-order chi connectivity index (χ1) is 10.1. The number of amides is 1. The van der Waals surface area contributed by atoms with Gasteiger partial charge in [0.05, 0.1) is 27.8 Å². The van der Waals surface area contributed by atoms with E-state index in [0.29, 0.717) is 5.56 Å². The van der Waals surface area contributed by atoms with Crippen molar-refractivity contribution in [2.45, 2.75) is 26.3 Å². The first kappa shape index (κ1) is 15.8. The number of hydrogen-bond donors (Lipinski definition) is 2. The SMILES string of the molecule is CCCNc1cnccc1C(=O)NC(C)c1ccc(Cl)s1. The van der Waals surface area contributed by atoms with Crippen molar-refractivity contribution in [2.24, 2.45) is 0 Å². The highest BCUT2D eigenvalue weighted by molar-refractivity contribution is 7.16. The van der Waals surface area contributed by atoms with Crippen molar-refractivity contribution in [3.63, 3.8) is 0 Å². The van der Waals surface area contributed by atoms with Crippen LogP contribution in [0.4, 0.5) is 5.69 Å². The molecule has 6 heteroatoms. The lowest BCUT2D eigenvalue weighted by molar-refractivity contribution is 0.0941. The molecule has 2 rings (SSSR count). The number of pyridine rings is 1. The average molecular weight is 324 g/mol. The molecule has 21 heavy (non-hydrogen) atoms. The number of nitrogens with zero attached hydrogens (tertiary/aromatic N) is 1. The summed E-state index contributed by atoms with van der Waals surface area (Å²) in [6.45, 7) is 4.83. The number of nitrogens with one attached hydrogen (secondary N) is 2. The minimum Gasteiger partial charge on any atom is -0.383 e. The van der Waals surface area contributed by atoms with E-state index in [9.17, 15) is 4.79 Å². The molecule has 0 aliphatic rings. The van der Waals surface area contributed by atoms with Crippen LogP contribution < -0.4 is 10.6 Å². The molecule has 4 nitrogen and oxygen atoms in total. The van der Waals surface area contributed by atoms with Gasteiger partial charge in [0.1, 0.15) is 0 Å². The molecule has 2 aromatic heterocycles. The normalized spacial score (nSPS) is 12.0. The summed E-state index contributed by atoms with van der Waals surface area (Å²) in [5.74, 6) is -0.118. The van der Waals surface area contributed by atoms with E-state index in [0.717, 1.165) is 27.9 Å². The summed E-state index contributed by atoms with van der Waals surface area (Å²) in [6, 6.07) is 5.41. The second-order valence-corrected chi connectivity index (χ2v) is 6.43. The van der Waals surface area contributed by atoms with Gasteiger partial charge in [-0.25, -0.2) is 0 Å². The first-order valence-electron chi connectivity index (χ1n) is 6.85. The Morgan fingerprint density at radius 1 is 1.43 bits per heavy atom. The van der Waals surface area contributed by atoms with Gasteiger partial charge in [0.25, 0.3) is 5.91 Å². The Kier molecular flexibility index (Phi) is 5.59. The van der Waals surface area contributed by atoms with Crippen LogP contribution in [-0.2, 0) is 0 Å². The van der Waals surface area contributed by atoms with Crippen molar-refractivity contribution in [3.05, 3.63) is 45.4 Å². The molecular formula is C15H18ClN3OS. The lowest BCUT2D eigenvalue weighted by Crippen LogP contribution is -2.27. The maximum absolute atomic E-state index is 12.4. The fraction of sp³-hybridized carbons (Fsp3) is 0.333. The number of carbonyl (C=O) groups excluding carboxylic acids is 1.